The standard InChI is InChI=1S/C8H5NS.C2H6/c1-2-4-7-6-9-10-8(7)5-3-1;1-2/h2-6H;1-2H3. The maximum Gasteiger partial charge on any atom is 0.0556 e. The van der Waals surface area contributed by atoms with E-state index in [1.807, 2.05) is 44.3 Å². The molecule has 62 valence electrons. The van der Waals surface area contributed by atoms with Crippen LogP contribution in [0.15, 0.2) is 24.1 Å². The van der Waals surface area contributed by atoms with E-state index in [0.29, 0.717) is 0 Å². The lowest BCUT2D eigenvalue weighted by atomic mass is 10.4. The molecule has 12 heavy (non-hydrogen) atoms. The van der Waals surface area contributed by atoms with E-state index in [1.165, 1.54) is 21.3 Å². The van der Waals surface area contributed by atoms with Gasteiger partial charge in [-0.3, -0.25) is 0 Å². The van der Waals surface area contributed by atoms with Gasteiger partial charge in [0.1, 0.15) is 0 Å². The van der Waals surface area contributed by atoms with Crippen LogP contribution in [0.5, 0.6) is 0 Å². The quantitative estimate of drug-likeness (QED) is 0.547. The number of aromatic nitrogens is 1. The fourth-order valence-corrected chi connectivity index (χ4v) is 1.46. The predicted molar refractivity (Wildman–Crippen MR) is 54.3 cm³/mol. The molecule has 1 aromatic rings. The minimum atomic E-state index is 1.19. The average Bonchev–Trinajstić information content (AvgIpc) is 2.46. The molecule has 2 heteroatoms. The number of hydrogen-bond acceptors (Lipinski definition) is 2. The smallest absolute Gasteiger partial charge is 0.0556 e. The Bertz CT molecular complexity index is 371. The number of fused-ring (bicyclic) bond motifs is 1. The predicted octanol–water partition coefficient (Wildman–Crippen LogP) is 1.46. The van der Waals surface area contributed by atoms with Crippen molar-refractivity contribution in [1.82, 2.24) is 4.37 Å². The third kappa shape index (κ3) is 1.94. The first-order chi connectivity index (χ1) is 5.97. The molecule has 0 amide bonds. The summed E-state index contributed by atoms with van der Waals surface area (Å²) in [5.41, 5.74) is 3.00. The Morgan fingerprint density at radius 3 is 2.83 bits per heavy atom. The largest absolute Gasteiger partial charge is 0.200 e. The van der Waals surface area contributed by atoms with E-state index in [4.69, 9.17) is 0 Å². The molecule has 0 unspecified atom stereocenters. The van der Waals surface area contributed by atoms with Gasteiger partial charge in [0.15, 0.2) is 0 Å². The van der Waals surface area contributed by atoms with E-state index >= 15 is 0 Å². The van der Waals surface area contributed by atoms with Crippen LogP contribution in [0.4, 0.5) is 0 Å². The molecule has 1 aliphatic carbocycles. The van der Waals surface area contributed by atoms with Gasteiger partial charge in [0.25, 0.3) is 0 Å². The van der Waals surface area contributed by atoms with E-state index in [9.17, 15) is 0 Å². The third-order valence-corrected chi connectivity index (χ3v) is 2.10. The Hall–Kier alpha value is -1.11. The van der Waals surface area contributed by atoms with E-state index in [2.05, 4.69) is 10.1 Å². The Balaban J connectivity index is 0.000000336. The second kappa shape index (κ2) is 4.70. The summed E-state index contributed by atoms with van der Waals surface area (Å²) in [6, 6.07) is 0. The summed E-state index contributed by atoms with van der Waals surface area (Å²) in [5, 5.41) is 1.19. The van der Waals surface area contributed by atoms with Gasteiger partial charge in [0.05, 0.1) is 4.53 Å². The van der Waals surface area contributed by atoms with Crippen LogP contribution in [0.2, 0.25) is 0 Å². The van der Waals surface area contributed by atoms with Crippen molar-refractivity contribution in [2.75, 3.05) is 0 Å². The zero-order chi connectivity index (χ0) is 8.81. The summed E-state index contributed by atoms with van der Waals surface area (Å²) in [6.45, 7) is 4.00. The Labute approximate surface area is 76.2 Å². The van der Waals surface area contributed by atoms with Crippen molar-refractivity contribution >= 4 is 23.7 Å². The van der Waals surface area contributed by atoms with Crippen molar-refractivity contribution in [3.05, 3.63) is 33.8 Å². The zero-order valence-electron chi connectivity index (χ0n) is 7.24. The minimum Gasteiger partial charge on any atom is -0.200 e. The average molecular weight is 177 g/mol. The highest BCUT2D eigenvalue weighted by atomic mass is 32.1. The fraction of sp³-hybridized carbons (Fsp3) is 0.200. The van der Waals surface area contributed by atoms with Gasteiger partial charge >= 0.3 is 0 Å². The topological polar surface area (TPSA) is 12.9 Å². The van der Waals surface area contributed by atoms with Crippen molar-refractivity contribution in [3.63, 3.8) is 0 Å². The third-order valence-electron chi connectivity index (χ3n) is 1.32. The Morgan fingerprint density at radius 2 is 2.00 bits per heavy atom. The van der Waals surface area contributed by atoms with E-state index in [0.717, 1.165) is 0 Å². The Kier molecular flexibility index (Phi) is 3.52. The molecule has 0 aliphatic heterocycles. The highest BCUT2D eigenvalue weighted by Crippen LogP contribution is 1.80. The van der Waals surface area contributed by atoms with Crippen LogP contribution < -0.4 is 9.75 Å². The van der Waals surface area contributed by atoms with E-state index in [-0.39, 0.29) is 0 Å². The van der Waals surface area contributed by atoms with Gasteiger partial charge in [-0.25, -0.2) is 0 Å². The zero-order valence-corrected chi connectivity index (χ0v) is 8.06. The second-order valence-electron chi connectivity index (χ2n) is 1.98. The van der Waals surface area contributed by atoms with Gasteiger partial charge in [-0.05, 0) is 35.8 Å². The molecule has 0 bridgehead atoms. The van der Waals surface area contributed by atoms with Crippen LogP contribution in [0.25, 0.3) is 12.2 Å². The molecule has 0 saturated carbocycles. The maximum absolute atomic E-state index is 4.06. The first-order valence-corrected chi connectivity index (χ1v) is 4.78. The summed E-state index contributed by atoms with van der Waals surface area (Å²) in [6.07, 6.45) is 9.71. The summed E-state index contributed by atoms with van der Waals surface area (Å²) in [7, 11) is 0. The van der Waals surface area contributed by atoms with Crippen LogP contribution in [0.1, 0.15) is 13.8 Å². The minimum absolute atomic E-state index is 1.19. The summed E-state index contributed by atoms with van der Waals surface area (Å²) >= 11 is 1.51. The monoisotopic (exact) mass is 177 g/mol. The molecule has 0 fully saturated rings. The maximum atomic E-state index is 4.06. The number of rotatable bonds is 0. The van der Waals surface area contributed by atoms with Gasteiger partial charge in [-0.15, -0.1) is 5.73 Å². The summed E-state index contributed by atoms with van der Waals surface area (Å²) < 4.78 is 5.27. The molecule has 0 spiro atoms. The first kappa shape index (κ1) is 8.98. The molecule has 1 heterocycles. The summed E-state index contributed by atoms with van der Waals surface area (Å²) in [5.74, 6) is 0. The van der Waals surface area contributed by atoms with Crippen molar-refractivity contribution < 1.29 is 0 Å². The molecule has 0 aromatic carbocycles. The molecule has 1 aromatic heterocycles. The lowest BCUT2D eigenvalue weighted by Crippen LogP contribution is -2.15. The van der Waals surface area contributed by atoms with Crippen LogP contribution in [0.3, 0.4) is 0 Å². The van der Waals surface area contributed by atoms with Crippen LogP contribution in [0, 0.1) is 0 Å². The van der Waals surface area contributed by atoms with Crippen molar-refractivity contribution in [3.8, 4) is 0 Å². The molecule has 0 N–H and O–H groups in total. The normalized spacial score (nSPS) is 11.5. The molecule has 1 aliphatic rings. The highest BCUT2D eigenvalue weighted by molar-refractivity contribution is 7.03. The second-order valence-corrected chi connectivity index (χ2v) is 2.81. The molecule has 0 saturated heterocycles. The summed E-state index contributed by atoms with van der Waals surface area (Å²) in [4.78, 5) is 0. The molecular weight excluding hydrogens is 166 g/mol. The molecular formula is C10H11NS. The highest BCUT2D eigenvalue weighted by Gasteiger charge is 1.85. The lowest BCUT2D eigenvalue weighted by Gasteiger charge is -1.67. The molecule has 1 nitrogen and oxygen atoms in total. The fourth-order valence-electron chi connectivity index (χ4n) is 0.825. The molecule has 2 rings (SSSR count). The molecule has 0 radical (unpaired) electrons. The van der Waals surface area contributed by atoms with Crippen LogP contribution >= 0.6 is 11.5 Å². The van der Waals surface area contributed by atoms with Crippen LogP contribution in [-0.4, -0.2) is 4.37 Å². The van der Waals surface area contributed by atoms with Crippen molar-refractivity contribution in [2.24, 2.45) is 0 Å². The van der Waals surface area contributed by atoms with Gasteiger partial charge in [0, 0.05) is 11.4 Å². The Morgan fingerprint density at radius 1 is 1.25 bits per heavy atom. The first-order valence-electron chi connectivity index (χ1n) is 4.00. The van der Waals surface area contributed by atoms with Gasteiger partial charge in [-0.1, -0.05) is 13.8 Å². The van der Waals surface area contributed by atoms with Crippen LogP contribution in [-0.2, 0) is 0 Å². The van der Waals surface area contributed by atoms with Gasteiger partial charge < -0.3 is 0 Å². The number of nitrogens with zero attached hydrogens (tertiary/aromatic N) is 1. The van der Waals surface area contributed by atoms with Gasteiger partial charge in [0.2, 0.25) is 0 Å². The molecule has 0 atom stereocenters. The van der Waals surface area contributed by atoms with E-state index in [1.54, 1.807) is 0 Å². The van der Waals surface area contributed by atoms with E-state index < -0.39 is 0 Å². The lowest BCUT2D eigenvalue weighted by molar-refractivity contribution is 1.50. The number of allylic oxidation sites excluding steroid dienone is 1. The SMILES string of the molecule is C1=CC=c2cnsc2=CC=1.CC. The van der Waals surface area contributed by atoms with Crippen molar-refractivity contribution in [1.29, 1.82) is 0 Å². The van der Waals surface area contributed by atoms with Gasteiger partial charge in [-0.2, -0.15) is 4.37 Å². The van der Waals surface area contributed by atoms with Crippen molar-refractivity contribution in [2.45, 2.75) is 13.8 Å². The number of hydrogen-bond donors (Lipinski definition) is 0.